The number of aromatic nitrogens is 3. The first-order chi connectivity index (χ1) is 12.4. The highest BCUT2D eigenvalue weighted by Gasteiger charge is 2.13. The lowest BCUT2D eigenvalue weighted by Gasteiger charge is -2.19. The summed E-state index contributed by atoms with van der Waals surface area (Å²) in [6.45, 7) is 7.14. The molecular weight excluding hydrogens is 346 g/mol. The second-order valence-corrected chi connectivity index (χ2v) is 7.47. The molecule has 1 heterocycles. The Labute approximate surface area is 158 Å². The summed E-state index contributed by atoms with van der Waals surface area (Å²) >= 11 is 6.17. The summed E-state index contributed by atoms with van der Waals surface area (Å²) in [4.78, 5) is 4.45. The van der Waals surface area contributed by atoms with E-state index in [1.165, 1.54) is 5.56 Å². The normalized spacial score (nSPS) is 11.2. The molecular formula is C20H22ClN5. The van der Waals surface area contributed by atoms with Gasteiger partial charge in [-0.3, -0.25) is 0 Å². The summed E-state index contributed by atoms with van der Waals surface area (Å²) in [5.41, 5.74) is 3.32. The van der Waals surface area contributed by atoms with Gasteiger partial charge in [-0.1, -0.05) is 62.7 Å². The molecule has 0 saturated carbocycles. The van der Waals surface area contributed by atoms with Crippen molar-refractivity contribution in [2.45, 2.75) is 32.7 Å². The lowest BCUT2D eigenvalue weighted by molar-refractivity contribution is 0.590. The molecule has 0 unspecified atom stereocenters. The summed E-state index contributed by atoms with van der Waals surface area (Å²) in [6.07, 6.45) is 1.59. The second-order valence-electron chi connectivity index (χ2n) is 7.06. The molecule has 3 aromatic rings. The van der Waals surface area contributed by atoms with Crippen LogP contribution < -0.4 is 10.6 Å². The zero-order valence-electron chi connectivity index (χ0n) is 15.1. The molecule has 0 aliphatic carbocycles. The average molecular weight is 368 g/mol. The van der Waals surface area contributed by atoms with Gasteiger partial charge in [0.15, 0.2) is 5.82 Å². The molecule has 0 aliphatic heterocycles. The van der Waals surface area contributed by atoms with E-state index in [9.17, 15) is 0 Å². The van der Waals surface area contributed by atoms with Crippen LogP contribution in [0.2, 0.25) is 5.02 Å². The SMILES string of the molecule is CC(C)(C)c1ccc(Nc2nncc(NCc3ccccc3Cl)n2)cc1. The van der Waals surface area contributed by atoms with Crippen molar-refractivity contribution in [2.75, 3.05) is 10.6 Å². The summed E-state index contributed by atoms with van der Waals surface area (Å²) in [7, 11) is 0. The number of hydrogen-bond acceptors (Lipinski definition) is 5. The Morgan fingerprint density at radius 3 is 2.42 bits per heavy atom. The minimum atomic E-state index is 0.124. The molecule has 3 rings (SSSR count). The Morgan fingerprint density at radius 2 is 1.73 bits per heavy atom. The molecule has 0 radical (unpaired) electrons. The molecule has 0 bridgehead atoms. The third-order valence-electron chi connectivity index (χ3n) is 3.98. The number of nitrogens with zero attached hydrogens (tertiary/aromatic N) is 3. The minimum Gasteiger partial charge on any atom is -0.364 e. The average Bonchev–Trinajstić information content (AvgIpc) is 2.61. The van der Waals surface area contributed by atoms with Crippen LogP contribution >= 0.6 is 11.6 Å². The monoisotopic (exact) mass is 367 g/mol. The highest BCUT2D eigenvalue weighted by molar-refractivity contribution is 6.31. The second kappa shape index (κ2) is 7.70. The number of anilines is 3. The summed E-state index contributed by atoms with van der Waals surface area (Å²) < 4.78 is 0. The van der Waals surface area contributed by atoms with Gasteiger partial charge in [0.2, 0.25) is 5.95 Å². The van der Waals surface area contributed by atoms with Crippen molar-refractivity contribution >= 4 is 29.1 Å². The van der Waals surface area contributed by atoms with E-state index in [1.807, 2.05) is 36.4 Å². The molecule has 2 aromatic carbocycles. The smallest absolute Gasteiger partial charge is 0.249 e. The zero-order chi connectivity index (χ0) is 18.6. The molecule has 0 saturated heterocycles. The van der Waals surface area contributed by atoms with Crippen LogP contribution in [0, 0.1) is 0 Å². The molecule has 0 amide bonds. The zero-order valence-corrected chi connectivity index (χ0v) is 15.9. The third kappa shape index (κ3) is 4.70. The Bertz CT molecular complexity index is 872. The summed E-state index contributed by atoms with van der Waals surface area (Å²) in [5.74, 6) is 1.08. The molecule has 0 spiro atoms. The maximum absolute atomic E-state index is 6.17. The fourth-order valence-corrected chi connectivity index (χ4v) is 2.65. The van der Waals surface area contributed by atoms with Crippen LogP contribution in [0.3, 0.4) is 0 Å². The van der Waals surface area contributed by atoms with Crippen molar-refractivity contribution in [3.05, 3.63) is 70.9 Å². The molecule has 5 nitrogen and oxygen atoms in total. The van der Waals surface area contributed by atoms with Crippen molar-refractivity contribution in [1.29, 1.82) is 0 Å². The molecule has 6 heteroatoms. The van der Waals surface area contributed by atoms with Crippen molar-refractivity contribution in [3.63, 3.8) is 0 Å². The summed E-state index contributed by atoms with van der Waals surface area (Å²) in [5, 5.41) is 15.2. The van der Waals surface area contributed by atoms with Crippen LogP contribution in [0.5, 0.6) is 0 Å². The topological polar surface area (TPSA) is 62.7 Å². The van der Waals surface area contributed by atoms with Gasteiger partial charge < -0.3 is 10.6 Å². The van der Waals surface area contributed by atoms with E-state index >= 15 is 0 Å². The van der Waals surface area contributed by atoms with Gasteiger partial charge in [-0.2, -0.15) is 10.1 Å². The van der Waals surface area contributed by atoms with Gasteiger partial charge in [-0.15, -0.1) is 5.10 Å². The lowest BCUT2D eigenvalue weighted by atomic mass is 9.87. The molecule has 0 atom stereocenters. The van der Waals surface area contributed by atoms with Crippen LogP contribution in [-0.4, -0.2) is 15.2 Å². The van der Waals surface area contributed by atoms with E-state index in [1.54, 1.807) is 6.20 Å². The highest BCUT2D eigenvalue weighted by Crippen LogP contribution is 2.24. The maximum atomic E-state index is 6.17. The molecule has 0 fully saturated rings. The largest absolute Gasteiger partial charge is 0.364 e. The fourth-order valence-electron chi connectivity index (χ4n) is 2.45. The van der Waals surface area contributed by atoms with Gasteiger partial charge in [-0.25, -0.2) is 0 Å². The number of halogens is 1. The van der Waals surface area contributed by atoms with E-state index in [4.69, 9.17) is 11.6 Å². The first-order valence-corrected chi connectivity index (χ1v) is 8.84. The van der Waals surface area contributed by atoms with Crippen LogP contribution in [0.4, 0.5) is 17.5 Å². The number of nitrogens with one attached hydrogen (secondary N) is 2. The van der Waals surface area contributed by atoms with Gasteiger partial charge >= 0.3 is 0 Å². The van der Waals surface area contributed by atoms with E-state index in [-0.39, 0.29) is 5.41 Å². The van der Waals surface area contributed by atoms with E-state index in [0.717, 1.165) is 16.3 Å². The van der Waals surface area contributed by atoms with Crippen molar-refractivity contribution < 1.29 is 0 Å². The predicted octanol–water partition coefficient (Wildman–Crippen LogP) is 5.18. The van der Waals surface area contributed by atoms with Gasteiger partial charge in [0, 0.05) is 17.3 Å². The van der Waals surface area contributed by atoms with E-state index in [0.29, 0.717) is 18.3 Å². The first-order valence-electron chi connectivity index (χ1n) is 8.46. The van der Waals surface area contributed by atoms with Gasteiger partial charge in [0.25, 0.3) is 0 Å². The number of hydrogen-bond donors (Lipinski definition) is 2. The quantitative estimate of drug-likeness (QED) is 0.650. The predicted molar refractivity (Wildman–Crippen MR) is 107 cm³/mol. The van der Waals surface area contributed by atoms with E-state index < -0.39 is 0 Å². The van der Waals surface area contributed by atoms with Gasteiger partial charge in [-0.05, 0) is 34.7 Å². The van der Waals surface area contributed by atoms with Crippen LogP contribution in [0.15, 0.2) is 54.7 Å². The highest BCUT2D eigenvalue weighted by atomic mass is 35.5. The van der Waals surface area contributed by atoms with Crippen molar-refractivity contribution in [1.82, 2.24) is 15.2 Å². The Kier molecular flexibility index (Phi) is 5.38. The summed E-state index contributed by atoms with van der Waals surface area (Å²) in [6, 6.07) is 16.0. The Hall–Kier alpha value is -2.66. The third-order valence-corrected chi connectivity index (χ3v) is 4.35. The Balaban J connectivity index is 1.66. The molecule has 26 heavy (non-hydrogen) atoms. The van der Waals surface area contributed by atoms with Crippen LogP contribution in [-0.2, 0) is 12.0 Å². The van der Waals surface area contributed by atoms with Crippen molar-refractivity contribution in [3.8, 4) is 0 Å². The molecule has 2 N–H and O–H groups in total. The van der Waals surface area contributed by atoms with Gasteiger partial charge in [0.05, 0.1) is 6.20 Å². The minimum absolute atomic E-state index is 0.124. The molecule has 0 aliphatic rings. The van der Waals surface area contributed by atoms with Crippen molar-refractivity contribution in [2.24, 2.45) is 0 Å². The fraction of sp³-hybridized carbons (Fsp3) is 0.250. The standard InChI is InChI=1S/C20H22ClN5/c1-20(2,3)15-8-10-16(11-9-15)24-19-25-18(13-23-26-19)22-12-14-6-4-5-7-17(14)21/h4-11,13H,12H2,1-3H3,(H2,22,24,25,26). The molecule has 1 aromatic heterocycles. The number of rotatable bonds is 5. The first kappa shape index (κ1) is 18.1. The Morgan fingerprint density at radius 1 is 1.00 bits per heavy atom. The maximum Gasteiger partial charge on any atom is 0.249 e. The van der Waals surface area contributed by atoms with Gasteiger partial charge in [0.1, 0.15) is 0 Å². The number of benzene rings is 2. The van der Waals surface area contributed by atoms with E-state index in [2.05, 4.69) is 58.7 Å². The lowest BCUT2D eigenvalue weighted by Crippen LogP contribution is -2.10. The van der Waals surface area contributed by atoms with Crippen LogP contribution in [0.1, 0.15) is 31.9 Å². The van der Waals surface area contributed by atoms with Crippen LogP contribution in [0.25, 0.3) is 0 Å². The molecule has 134 valence electrons.